The minimum Gasteiger partial charge on any atom is -0.399 e. The minimum atomic E-state index is -4.19. The molecule has 1 heterocycles. The largest absolute Gasteiger partial charge is 0.405 e. The molecule has 0 aromatic heterocycles. The Hall–Kier alpha value is -1.27. The molecule has 3 N–H and O–H groups in total. The van der Waals surface area contributed by atoms with Gasteiger partial charge in [-0.1, -0.05) is 19.9 Å². The molecule has 6 heteroatoms. The highest BCUT2D eigenvalue weighted by molar-refractivity contribution is 5.48. The van der Waals surface area contributed by atoms with E-state index in [1.807, 2.05) is 23.1 Å². The molecule has 2 unspecified atom stereocenters. The van der Waals surface area contributed by atoms with E-state index in [0.717, 1.165) is 12.8 Å². The van der Waals surface area contributed by atoms with E-state index in [9.17, 15) is 13.2 Å². The molecular weight excluding hydrogens is 291 g/mol. The number of nitrogens with two attached hydrogens (primary N) is 1. The Balaban J connectivity index is 1.87. The summed E-state index contributed by atoms with van der Waals surface area (Å²) in [6.45, 7) is 4.49. The fourth-order valence-electron chi connectivity index (χ4n) is 3.83. The Bertz CT molecular complexity index is 570. The number of hydrogen-bond donors (Lipinski definition) is 2. The van der Waals surface area contributed by atoms with E-state index < -0.39 is 12.2 Å². The standard InChI is InChI=1S/C16H22F3N3/c1-10(2)15(22-8-14(21-9-22)16(17,18)19)6-11-3-4-13(20)5-12(11)7-15/h3-5,10,14,21H,6-9,20H2,1-2H3. The second-order valence-corrected chi connectivity index (χ2v) is 6.82. The Morgan fingerprint density at radius 3 is 2.55 bits per heavy atom. The second kappa shape index (κ2) is 5.13. The zero-order chi connectivity index (χ0) is 16.1. The summed E-state index contributed by atoms with van der Waals surface area (Å²) in [6.07, 6.45) is -2.65. The zero-order valence-electron chi connectivity index (χ0n) is 12.9. The van der Waals surface area contributed by atoms with Crippen LogP contribution < -0.4 is 11.1 Å². The van der Waals surface area contributed by atoms with Crippen molar-refractivity contribution >= 4 is 5.69 Å². The smallest absolute Gasteiger partial charge is 0.399 e. The van der Waals surface area contributed by atoms with E-state index in [4.69, 9.17) is 5.73 Å². The van der Waals surface area contributed by atoms with Crippen LogP contribution in [0.3, 0.4) is 0 Å². The van der Waals surface area contributed by atoms with E-state index >= 15 is 0 Å². The Morgan fingerprint density at radius 1 is 1.27 bits per heavy atom. The van der Waals surface area contributed by atoms with Crippen LogP contribution in [-0.4, -0.2) is 35.9 Å². The summed E-state index contributed by atoms with van der Waals surface area (Å²) in [6, 6.07) is 4.41. The van der Waals surface area contributed by atoms with Crippen molar-refractivity contribution < 1.29 is 13.2 Å². The number of anilines is 1. The van der Waals surface area contributed by atoms with Crippen LogP contribution in [0.4, 0.5) is 18.9 Å². The molecule has 0 bridgehead atoms. The van der Waals surface area contributed by atoms with Crippen LogP contribution >= 0.6 is 0 Å². The lowest BCUT2D eigenvalue weighted by Crippen LogP contribution is -2.53. The molecule has 122 valence electrons. The molecule has 2 aliphatic rings. The second-order valence-electron chi connectivity index (χ2n) is 6.82. The predicted molar refractivity (Wildman–Crippen MR) is 80.4 cm³/mol. The Labute approximate surface area is 128 Å². The van der Waals surface area contributed by atoms with E-state index in [1.54, 1.807) is 0 Å². The van der Waals surface area contributed by atoms with Gasteiger partial charge in [0.1, 0.15) is 6.04 Å². The van der Waals surface area contributed by atoms with Crippen LogP contribution in [0.2, 0.25) is 0 Å². The topological polar surface area (TPSA) is 41.3 Å². The summed E-state index contributed by atoms with van der Waals surface area (Å²) in [7, 11) is 0. The third-order valence-corrected chi connectivity index (χ3v) is 5.25. The van der Waals surface area contributed by atoms with Gasteiger partial charge in [0.2, 0.25) is 0 Å². The van der Waals surface area contributed by atoms with Crippen LogP contribution in [0.15, 0.2) is 18.2 Å². The highest BCUT2D eigenvalue weighted by Crippen LogP contribution is 2.42. The number of nitrogens with one attached hydrogen (secondary N) is 1. The van der Waals surface area contributed by atoms with Crippen LogP contribution in [0.1, 0.15) is 25.0 Å². The maximum Gasteiger partial charge on any atom is 0.405 e. The van der Waals surface area contributed by atoms with Gasteiger partial charge in [0.25, 0.3) is 0 Å². The first-order valence-electron chi connectivity index (χ1n) is 7.65. The lowest BCUT2D eigenvalue weighted by molar-refractivity contribution is -0.151. The van der Waals surface area contributed by atoms with Crippen molar-refractivity contribution in [3.63, 3.8) is 0 Å². The van der Waals surface area contributed by atoms with Gasteiger partial charge in [-0.2, -0.15) is 13.2 Å². The summed E-state index contributed by atoms with van der Waals surface area (Å²) in [5, 5.41) is 2.62. The van der Waals surface area contributed by atoms with Gasteiger partial charge in [0.05, 0.1) is 0 Å². The van der Waals surface area contributed by atoms with Gasteiger partial charge >= 0.3 is 6.18 Å². The molecule has 3 nitrogen and oxygen atoms in total. The van der Waals surface area contributed by atoms with Gasteiger partial charge in [-0.15, -0.1) is 0 Å². The lowest BCUT2D eigenvalue weighted by atomic mass is 9.82. The van der Waals surface area contributed by atoms with Gasteiger partial charge in [-0.05, 0) is 42.0 Å². The number of hydrogen-bond acceptors (Lipinski definition) is 3. The molecule has 1 aliphatic heterocycles. The molecule has 3 rings (SSSR count). The van der Waals surface area contributed by atoms with Crippen LogP contribution in [-0.2, 0) is 12.8 Å². The monoisotopic (exact) mass is 313 g/mol. The van der Waals surface area contributed by atoms with Crippen molar-refractivity contribution in [3.8, 4) is 0 Å². The summed E-state index contributed by atoms with van der Waals surface area (Å²) >= 11 is 0. The number of nitrogen functional groups attached to an aromatic ring is 1. The summed E-state index contributed by atoms with van der Waals surface area (Å²) in [5.41, 5.74) is 8.68. The molecule has 1 saturated heterocycles. The molecule has 1 aliphatic carbocycles. The van der Waals surface area contributed by atoms with Crippen LogP contribution in [0.25, 0.3) is 0 Å². The number of benzene rings is 1. The van der Waals surface area contributed by atoms with Gasteiger partial charge in [-0.3, -0.25) is 10.2 Å². The highest BCUT2D eigenvalue weighted by atomic mass is 19.4. The molecule has 0 radical (unpaired) electrons. The van der Waals surface area contributed by atoms with Crippen molar-refractivity contribution in [3.05, 3.63) is 29.3 Å². The van der Waals surface area contributed by atoms with Gasteiger partial charge in [0, 0.05) is 24.4 Å². The average Bonchev–Trinajstić information content (AvgIpc) is 3.02. The molecular formula is C16H22F3N3. The Kier molecular flexibility index (Phi) is 3.64. The highest BCUT2D eigenvalue weighted by Gasteiger charge is 2.51. The molecule has 2 atom stereocenters. The molecule has 0 saturated carbocycles. The fraction of sp³-hybridized carbons (Fsp3) is 0.625. The van der Waals surface area contributed by atoms with Crippen molar-refractivity contribution in [1.29, 1.82) is 0 Å². The van der Waals surface area contributed by atoms with Crippen molar-refractivity contribution in [2.24, 2.45) is 5.92 Å². The number of fused-ring (bicyclic) bond motifs is 1. The molecule has 1 fully saturated rings. The van der Waals surface area contributed by atoms with Crippen LogP contribution in [0, 0.1) is 5.92 Å². The molecule has 0 amide bonds. The zero-order valence-corrected chi connectivity index (χ0v) is 12.9. The van der Waals surface area contributed by atoms with Crippen molar-refractivity contribution in [2.45, 2.75) is 44.4 Å². The maximum absolute atomic E-state index is 13.0. The summed E-state index contributed by atoms with van der Waals surface area (Å²) < 4.78 is 38.9. The van der Waals surface area contributed by atoms with Gasteiger partial charge in [0.15, 0.2) is 0 Å². The molecule has 22 heavy (non-hydrogen) atoms. The third-order valence-electron chi connectivity index (χ3n) is 5.25. The quantitative estimate of drug-likeness (QED) is 0.825. The number of nitrogens with zero attached hydrogens (tertiary/aromatic N) is 1. The van der Waals surface area contributed by atoms with Gasteiger partial charge < -0.3 is 5.73 Å². The fourth-order valence-corrected chi connectivity index (χ4v) is 3.83. The van der Waals surface area contributed by atoms with Crippen molar-refractivity contribution in [2.75, 3.05) is 18.9 Å². The lowest BCUT2D eigenvalue weighted by Gasteiger charge is -2.42. The number of alkyl halides is 3. The SMILES string of the molecule is CC(C)C1(N2CNC(C(F)(F)F)C2)Cc2ccc(N)cc2C1. The average molecular weight is 313 g/mol. The summed E-state index contributed by atoms with van der Waals surface area (Å²) in [5.74, 6) is 0.259. The van der Waals surface area contributed by atoms with E-state index in [0.29, 0.717) is 5.69 Å². The maximum atomic E-state index is 13.0. The first-order chi connectivity index (χ1) is 10.2. The molecule has 1 aromatic carbocycles. The van der Waals surface area contributed by atoms with Crippen molar-refractivity contribution in [1.82, 2.24) is 10.2 Å². The van der Waals surface area contributed by atoms with Gasteiger partial charge in [-0.25, -0.2) is 0 Å². The first-order valence-corrected chi connectivity index (χ1v) is 7.65. The minimum absolute atomic E-state index is 0.0190. The third kappa shape index (κ3) is 2.48. The first kappa shape index (κ1) is 15.6. The predicted octanol–water partition coefficient (Wildman–Crippen LogP) is 2.56. The van der Waals surface area contributed by atoms with E-state index in [1.165, 1.54) is 11.1 Å². The summed E-state index contributed by atoms with van der Waals surface area (Å²) in [4.78, 5) is 1.98. The van der Waals surface area contributed by atoms with E-state index in [-0.39, 0.29) is 24.7 Å². The number of halogens is 3. The molecule has 0 spiro atoms. The number of rotatable bonds is 2. The normalized spacial score (nSPS) is 29.3. The Morgan fingerprint density at radius 2 is 1.95 bits per heavy atom. The molecule has 1 aromatic rings. The van der Waals surface area contributed by atoms with E-state index in [2.05, 4.69) is 19.2 Å². The van der Waals surface area contributed by atoms with Crippen LogP contribution in [0.5, 0.6) is 0 Å².